The maximum absolute atomic E-state index is 12.7. The number of hydrogen-bond donors (Lipinski definition) is 2. The summed E-state index contributed by atoms with van der Waals surface area (Å²) in [4.78, 5) is 25.1. The van der Waals surface area contributed by atoms with Crippen LogP contribution in [0.3, 0.4) is 0 Å². The predicted molar refractivity (Wildman–Crippen MR) is 196 cm³/mol. The van der Waals surface area contributed by atoms with Gasteiger partial charge in [0.1, 0.15) is 13.2 Å². The molecule has 0 aromatic heterocycles. The van der Waals surface area contributed by atoms with Crippen molar-refractivity contribution in [2.24, 2.45) is 0 Å². The summed E-state index contributed by atoms with van der Waals surface area (Å²) >= 11 is 0. The lowest BCUT2D eigenvalue weighted by Crippen LogP contribution is -2.45. The van der Waals surface area contributed by atoms with Gasteiger partial charge >= 0.3 is 0 Å². The Morgan fingerprint density at radius 2 is 1.34 bits per heavy atom. The molecule has 0 saturated heterocycles. The van der Waals surface area contributed by atoms with Crippen LogP contribution in [0.15, 0.2) is 60.8 Å². The average molecular weight is 681 g/mol. The number of carbonyl (C=O) groups excluding carboxylic acids is 1. The van der Waals surface area contributed by atoms with Crippen LogP contribution in [-0.4, -0.2) is 68.5 Å². The van der Waals surface area contributed by atoms with E-state index in [4.69, 9.17) is 9.05 Å². The van der Waals surface area contributed by atoms with Crippen molar-refractivity contribution in [3.8, 4) is 0 Å². The Hall–Kier alpha value is -1.80. The molecule has 0 aliphatic rings. The molecule has 0 saturated carbocycles. The SMILES string of the molecule is C/C=C/CC/C=C/CC/C=C/C(O)C(COP(=O)([O-])OCC[N+](C)(C)C)NC(=O)CCCCCCC/C=C\C/C=C\CCCCCC. The number of aliphatic hydroxyl groups excluding tert-OH is 1. The van der Waals surface area contributed by atoms with Crippen LogP contribution in [0.4, 0.5) is 0 Å². The van der Waals surface area contributed by atoms with Gasteiger partial charge in [-0.3, -0.25) is 9.36 Å². The molecule has 3 atom stereocenters. The first-order valence-electron chi connectivity index (χ1n) is 18.1. The fourth-order valence-corrected chi connectivity index (χ4v) is 5.29. The van der Waals surface area contributed by atoms with Crippen molar-refractivity contribution in [3.63, 3.8) is 0 Å². The van der Waals surface area contributed by atoms with Gasteiger partial charge in [0.2, 0.25) is 5.91 Å². The third-order valence-electron chi connectivity index (χ3n) is 7.52. The maximum atomic E-state index is 12.7. The maximum Gasteiger partial charge on any atom is 0.268 e. The van der Waals surface area contributed by atoms with Crippen LogP contribution in [0.5, 0.6) is 0 Å². The molecule has 0 aromatic carbocycles. The highest BCUT2D eigenvalue weighted by Gasteiger charge is 2.23. The largest absolute Gasteiger partial charge is 0.756 e. The molecule has 1 amide bonds. The molecule has 0 aliphatic carbocycles. The number of likely N-dealkylation sites (N-methyl/N-ethyl adjacent to an activating group) is 1. The second-order valence-electron chi connectivity index (χ2n) is 13.2. The number of amides is 1. The van der Waals surface area contributed by atoms with E-state index in [9.17, 15) is 19.4 Å². The van der Waals surface area contributed by atoms with Gasteiger partial charge in [-0.2, -0.15) is 0 Å². The fourth-order valence-electron chi connectivity index (χ4n) is 4.57. The Kier molecular flexibility index (Phi) is 29.1. The van der Waals surface area contributed by atoms with Gasteiger partial charge < -0.3 is 28.8 Å². The number of aliphatic hydroxyl groups is 1. The van der Waals surface area contributed by atoms with Crippen LogP contribution < -0.4 is 10.2 Å². The highest BCUT2D eigenvalue weighted by Crippen LogP contribution is 2.38. The van der Waals surface area contributed by atoms with Gasteiger partial charge in [0.15, 0.2) is 0 Å². The van der Waals surface area contributed by atoms with Crippen LogP contribution in [0.25, 0.3) is 0 Å². The molecule has 0 spiro atoms. The van der Waals surface area contributed by atoms with Gasteiger partial charge in [0.25, 0.3) is 7.82 Å². The average Bonchev–Trinajstić information content (AvgIpc) is 3.01. The molecule has 2 N–H and O–H groups in total. The summed E-state index contributed by atoms with van der Waals surface area (Å²) < 4.78 is 23.0. The summed E-state index contributed by atoms with van der Waals surface area (Å²) in [5, 5.41) is 13.6. The first-order valence-corrected chi connectivity index (χ1v) is 19.6. The normalized spacial score (nSPS) is 15.5. The van der Waals surface area contributed by atoms with E-state index in [2.05, 4.69) is 54.8 Å². The fraction of sp³-hybridized carbons (Fsp3) is 0.711. The van der Waals surface area contributed by atoms with Crippen molar-refractivity contribution in [2.45, 2.75) is 135 Å². The summed E-state index contributed by atoms with van der Waals surface area (Å²) in [6, 6.07) is -0.915. The predicted octanol–water partition coefficient (Wildman–Crippen LogP) is 8.49. The standard InChI is InChI=1S/C38H69N2O6P/c1-6-8-10-12-14-16-17-18-19-20-21-22-24-26-28-30-32-38(42)39-36(35-46-47(43,44)45-34-33-40(3,4)5)37(41)31-29-27-25-23-15-13-11-9-7-2/h7,9,15-17,19-20,23,29,31,36-37,41H,6,8,10-14,18,21-22,24-28,30,32-35H2,1-5H3,(H-,39,42,43,44)/b9-7+,17-16-,20-19-,23-15+,31-29+. The lowest BCUT2D eigenvalue weighted by molar-refractivity contribution is -0.870. The quantitative estimate of drug-likeness (QED) is 0.0329. The first-order chi connectivity index (χ1) is 22.5. The van der Waals surface area contributed by atoms with Crippen LogP contribution in [-0.2, 0) is 18.4 Å². The zero-order chi connectivity index (χ0) is 35.1. The van der Waals surface area contributed by atoms with E-state index in [-0.39, 0.29) is 12.5 Å². The van der Waals surface area contributed by atoms with Crippen molar-refractivity contribution in [1.29, 1.82) is 0 Å². The number of nitrogens with zero attached hydrogens (tertiary/aromatic N) is 1. The van der Waals surface area contributed by atoms with Crippen LogP contribution in [0, 0.1) is 0 Å². The van der Waals surface area contributed by atoms with Crippen molar-refractivity contribution >= 4 is 13.7 Å². The lowest BCUT2D eigenvalue weighted by Gasteiger charge is -2.29. The third-order valence-corrected chi connectivity index (χ3v) is 8.49. The van der Waals surface area contributed by atoms with Gasteiger partial charge in [-0.25, -0.2) is 0 Å². The number of quaternary nitrogens is 1. The lowest BCUT2D eigenvalue weighted by atomic mass is 10.1. The van der Waals surface area contributed by atoms with E-state index in [1.165, 1.54) is 32.1 Å². The monoisotopic (exact) mass is 680 g/mol. The Bertz CT molecular complexity index is 954. The first kappa shape index (κ1) is 45.2. The second-order valence-corrected chi connectivity index (χ2v) is 14.6. The number of allylic oxidation sites excluding steroid dienone is 9. The number of phosphoric ester groups is 1. The van der Waals surface area contributed by atoms with E-state index in [0.29, 0.717) is 17.4 Å². The van der Waals surface area contributed by atoms with Gasteiger partial charge in [-0.05, 0) is 71.1 Å². The minimum atomic E-state index is -4.59. The zero-order valence-electron chi connectivity index (χ0n) is 30.5. The zero-order valence-corrected chi connectivity index (χ0v) is 31.3. The molecule has 0 heterocycles. The number of nitrogens with one attached hydrogen (secondary N) is 1. The van der Waals surface area contributed by atoms with Gasteiger partial charge in [-0.1, -0.05) is 106 Å². The molecule has 0 rings (SSSR count). The highest BCUT2D eigenvalue weighted by atomic mass is 31.2. The molecule has 0 fully saturated rings. The minimum absolute atomic E-state index is 0.0150. The number of hydrogen-bond acceptors (Lipinski definition) is 6. The molecule has 3 unspecified atom stereocenters. The van der Waals surface area contributed by atoms with E-state index >= 15 is 0 Å². The summed E-state index contributed by atoms with van der Waals surface area (Å²) in [5.74, 6) is -0.233. The second kappa shape index (κ2) is 30.3. The molecule has 272 valence electrons. The molecule has 0 aromatic rings. The minimum Gasteiger partial charge on any atom is -0.756 e. The highest BCUT2D eigenvalue weighted by molar-refractivity contribution is 7.45. The van der Waals surface area contributed by atoms with Crippen molar-refractivity contribution in [3.05, 3.63) is 60.8 Å². The van der Waals surface area contributed by atoms with Crippen molar-refractivity contribution < 1.29 is 32.9 Å². The number of carbonyl (C=O) groups is 1. The molecule has 0 bridgehead atoms. The topological polar surface area (TPSA) is 108 Å². The molecule has 9 heteroatoms. The van der Waals surface area contributed by atoms with E-state index < -0.39 is 26.6 Å². The Morgan fingerprint density at radius 3 is 1.96 bits per heavy atom. The third kappa shape index (κ3) is 32.5. The van der Waals surface area contributed by atoms with Gasteiger partial charge in [0.05, 0.1) is 39.9 Å². The van der Waals surface area contributed by atoms with Crippen LogP contribution in [0.1, 0.15) is 123 Å². The Labute approximate surface area is 288 Å². The summed E-state index contributed by atoms with van der Waals surface area (Å²) in [6.45, 7) is 4.31. The van der Waals surface area contributed by atoms with Crippen molar-refractivity contribution in [1.82, 2.24) is 5.32 Å². The summed E-state index contributed by atoms with van der Waals surface area (Å²) in [5.41, 5.74) is 0. The molecule has 0 radical (unpaired) electrons. The number of phosphoric acid groups is 1. The Morgan fingerprint density at radius 1 is 0.787 bits per heavy atom. The van der Waals surface area contributed by atoms with E-state index in [1.54, 1.807) is 6.08 Å². The summed E-state index contributed by atoms with van der Waals surface area (Å²) in [7, 11) is 1.21. The summed E-state index contributed by atoms with van der Waals surface area (Å²) in [6.07, 6.45) is 37.2. The van der Waals surface area contributed by atoms with E-state index in [1.807, 2.05) is 40.2 Å². The van der Waals surface area contributed by atoms with Crippen molar-refractivity contribution in [2.75, 3.05) is 40.9 Å². The number of unbranched alkanes of at least 4 members (excludes halogenated alkanes) is 11. The van der Waals surface area contributed by atoms with Gasteiger partial charge in [-0.15, -0.1) is 0 Å². The van der Waals surface area contributed by atoms with Crippen LogP contribution in [0.2, 0.25) is 0 Å². The van der Waals surface area contributed by atoms with E-state index in [0.717, 1.165) is 70.6 Å². The molecular formula is C38H69N2O6P. The Balaban J connectivity index is 4.57. The van der Waals surface area contributed by atoms with Crippen LogP contribution >= 0.6 is 7.82 Å². The molecule has 8 nitrogen and oxygen atoms in total. The molecule has 47 heavy (non-hydrogen) atoms. The smallest absolute Gasteiger partial charge is 0.268 e. The number of rotatable bonds is 31. The molecule has 0 aliphatic heterocycles. The molecular weight excluding hydrogens is 611 g/mol. The van der Waals surface area contributed by atoms with Gasteiger partial charge in [0, 0.05) is 6.42 Å².